The van der Waals surface area contributed by atoms with Gasteiger partial charge in [0.15, 0.2) is 0 Å². The molecule has 0 spiro atoms. The van der Waals surface area contributed by atoms with E-state index in [2.05, 4.69) is 8.92 Å². The van der Waals surface area contributed by atoms with Crippen molar-refractivity contribution < 1.29 is 35.3 Å². The lowest BCUT2D eigenvalue weighted by atomic mass is 10.1. The predicted molar refractivity (Wildman–Crippen MR) is 66.0 cm³/mol. The molecule has 1 aliphatic heterocycles. The van der Waals surface area contributed by atoms with Crippen LogP contribution in [0.15, 0.2) is 10.7 Å². The first-order valence-corrected chi connectivity index (χ1v) is 7.72. The Kier molecular flexibility index (Phi) is 4.69. The molecule has 0 aromatic heterocycles. The number of hydrogen-bond acceptors (Lipinski definition) is 6. The van der Waals surface area contributed by atoms with Crippen molar-refractivity contribution in [1.82, 2.24) is 0 Å². The third kappa shape index (κ3) is 3.81. The molecule has 5 nitrogen and oxygen atoms in total. The maximum atomic E-state index is 12.3. The van der Waals surface area contributed by atoms with Gasteiger partial charge in [0.2, 0.25) is 0 Å². The molecule has 0 bridgehead atoms. The van der Waals surface area contributed by atoms with Crippen LogP contribution in [0.3, 0.4) is 0 Å². The number of carbonyl (C=O) groups excluding carboxylic acids is 1. The average molecular weight is 334 g/mol. The second kappa shape index (κ2) is 5.47. The summed E-state index contributed by atoms with van der Waals surface area (Å²) in [5.41, 5.74) is -5.54. The van der Waals surface area contributed by atoms with Crippen molar-refractivity contribution in [2.24, 2.45) is 0 Å². The number of ether oxygens (including phenoxy) is 1. The number of allylic oxidation sites excluding steroid dienone is 1. The summed E-state index contributed by atoms with van der Waals surface area (Å²) < 4.78 is 67.0. The van der Waals surface area contributed by atoms with Gasteiger partial charge in [-0.1, -0.05) is 0 Å². The van der Waals surface area contributed by atoms with Gasteiger partial charge in [0, 0.05) is 11.2 Å². The van der Waals surface area contributed by atoms with E-state index in [-0.39, 0.29) is 17.9 Å². The molecule has 10 heteroatoms. The van der Waals surface area contributed by atoms with Crippen LogP contribution in [-0.2, 0) is 23.8 Å². The van der Waals surface area contributed by atoms with Crippen molar-refractivity contribution in [2.45, 2.75) is 37.4 Å². The number of carbonyl (C=O) groups is 1. The molecule has 0 amide bonds. The normalized spacial score (nSPS) is 19.1. The van der Waals surface area contributed by atoms with Gasteiger partial charge in [-0.3, -0.25) is 0 Å². The lowest BCUT2D eigenvalue weighted by molar-refractivity contribution is -0.137. The summed E-state index contributed by atoms with van der Waals surface area (Å²) in [4.78, 5) is 11.4. The van der Waals surface area contributed by atoms with E-state index < -0.39 is 32.1 Å². The third-order valence-electron chi connectivity index (χ3n) is 2.17. The molecule has 0 aromatic rings. The smallest absolute Gasteiger partial charge is 0.462 e. The molecule has 116 valence electrons. The zero-order chi connectivity index (χ0) is 15.8. The van der Waals surface area contributed by atoms with Gasteiger partial charge in [0.25, 0.3) is 0 Å². The van der Waals surface area contributed by atoms with E-state index in [4.69, 9.17) is 0 Å². The number of halogens is 3. The molecule has 1 aliphatic rings. The highest BCUT2D eigenvalue weighted by molar-refractivity contribution is 8.05. The largest absolute Gasteiger partial charge is 0.534 e. The van der Waals surface area contributed by atoms with Gasteiger partial charge in [-0.25, -0.2) is 4.79 Å². The van der Waals surface area contributed by atoms with Crippen molar-refractivity contribution in [3.63, 3.8) is 0 Å². The molecule has 0 unspecified atom stereocenters. The highest BCUT2D eigenvalue weighted by atomic mass is 32.2. The van der Waals surface area contributed by atoms with Crippen LogP contribution in [0.2, 0.25) is 0 Å². The lowest BCUT2D eigenvalue weighted by Gasteiger charge is -2.15. The van der Waals surface area contributed by atoms with E-state index in [1.54, 1.807) is 13.8 Å². The van der Waals surface area contributed by atoms with Crippen LogP contribution in [0, 0.1) is 0 Å². The Labute approximate surface area is 118 Å². The molecule has 20 heavy (non-hydrogen) atoms. The highest BCUT2D eigenvalue weighted by Crippen LogP contribution is 2.47. The van der Waals surface area contributed by atoms with Crippen LogP contribution in [0.1, 0.15) is 27.2 Å². The summed E-state index contributed by atoms with van der Waals surface area (Å²) in [7, 11) is -5.79. The van der Waals surface area contributed by atoms with E-state index in [1.807, 2.05) is 0 Å². The van der Waals surface area contributed by atoms with Gasteiger partial charge in [-0.15, -0.1) is 11.8 Å². The standard InChI is InChI=1S/C10H13F3O5S2/c1-4-17-8(14)7-6(5-9(2,3)19-7)18-20(15,16)10(11,12)13/h4-5H2,1-3H3. The molecular weight excluding hydrogens is 321 g/mol. The van der Waals surface area contributed by atoms with Crippen LogP contribution in [0.25, 0.3) is 0 Å². The average Bonchev–Trinajstić information content (AvgIpc) is 2.51. The summed E-state index contributed by atoms with van der Waals surface area (Å²) in [6.45, 7) is 4.83. The number of thioether (sulfide) groups is 1. The van der Waals surface area contributed by atoms with Crippen LogP contribution in [-0.4, -0.2) is 31.2 Å². The molecule has 0 atom stereocenters. The Balaban J connectivity index is 3.11. The van der Waals surface area contributed by atoms with Crippen molar-refractivity contribution in [3.05, 3.63) is 10.7 Å². The Morgan fingerprint density at radius 2 is 1.95 bits per heavy atom. The molecular formula is C10H13F3O5S2. The second-order valence-electron chi connectivity index (χ2n) is 4.49. The maximum absolute atomic E-state index is 12.3. The molecule has 0 aliphatic carbocycles. The van der Waals surface area contributed by atoms with E-state index in [0.717, 1.165) is 11.8 Å². The summed E-state index contributed by atoms with van der Waals surface area (Å²) in [6.07, 6.45) is -0.124. The fourth-order valence-electron chi connectivity index (χ4n) is 1.44. The van der Waals surface area contributed by atoms with E-state index in [0.29, 0.717) is 0 Å². The van der Waals surface area contributed by atoms with E-state index in [1.165, 1.54) is 6.92 Å². The Morgan fingerprint density at radius 3 is 2.40 bits per heavy atom. The number of rotatable bonds is 4. The zero-order valence-electron chi connectivity index (χ0n) is 10.9. The van der Waals surface area contributed by atoms with E-state index in [9.17, 15) is 26.4 Å². The fraction of sp³-hybridized carbons (Fsp3) is 0.700. The van der Waals surface area contributed by atoms with Gasteiger partial charge in [-0.05, 0) is 20.8 Å². The van der Waals surface area contributed by atoms with Crippen LogP contribution in [0.4, 0.5) is 13.2 Å². The molecule has 1 rings (SSSR count). The quantitative estimate of drug-likeness (QED) is 0.447. The third-order valence-corrected chi connectivity index (χ3v) is 4.46. The molecule has 0 N–H and O–H groups in total. The first-order chi connectivity index (χ1) is 8.89. The zero-order valence-corrected chi connectivity index (χ0v) is 12.5. The lowest BCUT2D eigenvalue weighted by Crippen LogP contribution is -2.26. The monoisotopic (exact) mass is 334 g/mol. The fourth-order valence-corrected chi connectivity index (χ4v) is 3.12. The Morgan fingerprint density at radius 1 is 1.40 bits per heavy atom. The van der Waals surface area contributed by atoms with Crippen LogP contribution < -0.4 is 0 Å². The van der Waals surface area contributed by atoms with Gasteiger partial charge in [0.1, 0.15) is 10.7 Å². The number of esters is 1. The maximum Gasteiger partial charge on any atom is 0.534 e. The second-order valence-corrected chi connectivity index (χ2v) is 7.75. The first-order valence-electron chi connectivity index (χ1n) is 5.49. The minimum Gasteiger partial charge on any atom is -0.462 e. The first kappa shape index (κ1) is 17.2. The molecule has 0 radical (unpaired) electrons. The molecule has 0 saturated heterocycles. The molecule has 0 saturated carbocycles. The van der Waals surface area contributed by atoms with Crippen molar-refractivity contribution in [3.8, 4) is 0 Å². The van der Waals surface area contributed by atoms with Crippen molar-refractivity contribution >= 4 is 27.8 Å². The van der Waals surface area contributed by atoms with Gasteiger partial charge < -0.3 is 8.92 Å². The van der Waals surface area contributed by atoms with Crippen molar-refractivity contribution in [1.29, 1.82) is 0 Å². The van der Waals surface area contributed by atoms with Crippen molar-refractivity contribution in [2.75, 3.05) is 6.61 Å². The minimum atomic E-state index is -5.79. The van der Waals surface area contributed by atoms with Gasteiger partial charge in [0.05, 0.1) is 6.61 Å². The molecule has 0 aromatic carbocycles. The predicted octanol–water partition coefficient (Wildman–Crippen LogP) is 2.54. The topological polar surface area (TPSA) is 69.7 Å². The minimum absolute atomic E-state index is 0.0165. The Hall–Kier alpha value is -0.900. The number of alkyl halides is 3. The van der Waals surface area contributed by atoms with Crippen LogP contribution >= 0.6 is 11.8 Å². The number of hydrogen-bond donors (Lipinski definition) is 0. The summed E-state index contributed by atoms with van der Waals surface area (Å²) in [5.74, 6) is -1.42. The summed E-state index contributed by atoms with van der Waals surface area (Å²) >= 11 is 0.924. The highest BCUT2D eigenvalue weighted by Gasteiger charge is 2.50. The molecule has 1 heterocycles. The van der Waals surface area contributed by atoms with Crippen LogP contribution in [0.5, 0.6) is 0 Å². The van der Waals surface area contributed by atoms with E-state index >= 15 is 0 Å². The molecule has 0 fully saturated rings. The SMILES string of the molecule is CCOC(=O)C1=C(OS(=O)(=O)C(F)(F)F)CC(C)(C)S1. The Bertz CT molecular complexity index is 534. The van der Waals surface area contributed by atoms with Gasteiger partial charge >= 0.3 is 21.6 Å². The van der Waals surface area contributed by atoms with Gasteiger partial charge in [-0.2, -0.15) is 21.6 Å². The summed E-state index contributed by atoms with van der Waals surface area (Å²) in [5, 5.41) is 0. The summed E-state index contributed by atoms with van der Waals surface area (Å²) in [6, 6.07) is 0.